The van der Waals surface area contributed by atoms with Gasteiger partial charge in [0.25, 0.3) is 5.91 Å². The molecule has 0 spiro atoms. The summed E-state index contributed by atoms with van der Waals surface area (Å²) in [6.07, 6.45) is 0. The number of aromatic nitrogens is 1. The van der Waals surface area contributed by atoms with Crippen LogP contribution in [0.1, 0.15) is 10.5 Å². The first kappa shape index (κ1) is 17.0. The van der Waals surface area contributed by atoms with Gasteiger partial charge in [-0.05, 0) is 30.3 Å². The zero-order valence-electron chi connectivity index (χ0n) is 14.3. The Morgan fingerprint density at radius 1 is 1.12 bits per heavy atom. The van der Waals surface area contributed by atoms with Crippen molar-refractivity contribution in [3.8, 4) is 22.8 Å². The van der Waals surface area contributed by atoms with Crippen molar-refractivity contribution >= 4 is 11.6 Å². The van der Waals surface area contributed by atoms with Crippen LogP contribution in [-0.4, -0.2) is 56.3 Å². The average Bonchev–Trinajstić information content (AvgIpc) is 2.68. The number of amides is 1. The molecule has 1 aliphatic heterocycles. The third-order valence-electron chi connectivity index (χ3n) is 4.11. The molecule has 1 amide bonds. The normalized spacial score (nSPS) is 14.2. The number of benzene rings is 1. The SMILES string of the molecule is COc1ccc(-c2ccc(N)c(C(=O)N3CCOCC3)n2)cc1OC. The van der Waals surface area contributed by atoms with Gasteiger partial charge in [-0.1, -0.05) is 0 Å². The number of nitrogens with zero attached hydrogens (tertiary/aromatic N) is 2. The number of hydrogen-bond acceptors (Lipinski definition) is 6. The number of morpholine rings is 1. The minimum absolute atomic E-state index is 0.178. The number of hydrogen-bond donors (Lipinski definition) is 1. The lowest BCUT2D eigenvalue weighted by Gasteiger charge is -2.27. The van der Waals surface area contributed by atoms with Crippen LogP contribution < -0.4 is 15.2 Å². The maximum atomic E-state index is 12.7. The van der Waals surface area contributed by atoms with Crippen LogP contribution in [0.15, 0.2) is 30.3 Å². The number of pyridine rings is 1. The molecule has 0 atom stereocenters. The topological polar surface area (TPSA) is 86.9 Å². The molecule has 0 aliphatic carbocycles. The van der Waals surface area contributed by atoms with Crippen LogP contribution in [0, 0.1) is 0 Å². The van der Waals surface area contributed by atoms with E-state index in [2.05, 4.69) is 4.98 Å². The molecule has 1 aromatic heterocycles. The maximum absolute atomic E-state index is 12.7. The highest BCUT2D eigenvalue weighted by Gasteiger charge is 2.22. The van der Waals surface area contributed by atoms with Gasteiger partial charge in [0.1, 0.15) is 0 Å². The van der Waals surface area contributed by atoms with Crippen molar-refractivity contribution < 1.29 is 19.0 Å². The van der Waals surface area contributed by atoms with Crippen LogP contribution in [-0.2, 0) is 4.74 Å². The van der Waals surface area contributed by atoms with E-state index in [1.807, 2.05) is 12.1 Å². The summed E-state index contributed by atoms with van der Waals surface area (Å²) in [5.74, 6) is 1.05. The van der Waals surface area contributed by atoms with Gasteiger partial charge >= 0.3 is 0 Å². The van der Waals surface area contributed by atoms with E-state index in [0.717, 1.165) is 5.56 Å². The highest BCUT2D eigenvalue weighted by atomic mass is 16.5. The molecule has 1 fully saturated rings. The van der Waals surface area contributed by atoms with E-state index in [1.54, 1.807) is 37.3 Å². The molecular weight excluding hydrogens is 322 g/mol. The summed E-state index contributed by atoms with van der Waals surface area (Å²) in [5, 5.41) is 0. The molecule has 2 aromatic rings. The van der Waals surface area contributed by atoms with Gasteiger partial charge in [0.05, 0.1) is 38.8 Å². The van der Waals surface area contributed by atoms with Gasteiger partial charge in [0, 0.05) is 18.7 Å². The summed E-state index contributed by atoms with van der Waals surface area (Å²) in [6.45, 7) is 2.14. The third kappa shape index (κ3) is 3.51. The Bertz CT molecular complexity index is 773. The average molecular weight is 343 g/mol. The van der Waals surface area contributed by atoms with Crippen LogP contribution in [0.25, 0.3) is 11.3 Å². The van der Waals surface area contributed by atoms with E-state index in [9.17, 15) is 4.79 Å². The Balaban J connectivity index is 1.95. The Kier molecular flexibility index (Phi) is 5.04. The van der Waals surface area contributed by atoms with Crippen molar-refractivity contribution in [3.05, 3.63) is 36.0 Å². The summed E-state index contributed by atoms with van der Waals surface area (Å²) >= 11 is 0. The minimum Gasteiger partial charge on any atom is -0.493 e. The van der Waals surface area contributed by atoms with Crippen LogP contribution in [0.3, 0.4) is 0 Å². The molecule has 2 heterocycles. The molecule has 1 aromatic carbocycles. The smallest absolute Gasteiger partial charge is 0.274 e. The predicted molar refractivity (Wildman–Crippen MR) is 93.9 cm³/mol. The Labute approximate surface area is 146 Å². The minimum atomic E-state index is -0.178. The molecule has 7 nitrogen and oxygen atoms in total. The third-order valence-corrected chi connectivity index (χ3v) is 4.11. The highest BCUT2D eigenvalue weighted by Crippen LogP contribution is 2.32. The Morgan fingerprint density at radius 3 is 2.52 bits per heavy atom. The Hall–Kier alpha value is -2.80. The van der Waals surface area contributed by atoms with Gasteiger partial charge in [-0.15, -0.1) is 0 Å². The van der Waals surface area contributed by atoms with Gasteiger partial charge in [-0.3, -0.25) is 4.79 Å². The van der Waals surface area contributed by atoms with Crippen molar-refractivity contribution in [2.45, 2.75) is 0 Å². The number of nitrogens with two attached hydrogens (primary N) is 1. The fourth-order valence-corrected chi connectivity index (χ4v) is 2.71. The van der Waals surface area contributed by atoms with Crippen molar-refractivity contribution in [1.29, 1.82) is 0 Å². The lowest BCUT2D eigenvalue weighted by Crippen LogP contribution is -2.41. The standard InChI is InChI=1S/C18H21N3O4/c1-23-15-6-3-12(11-16(15)24-2)14-5-4-13(19)17(20-14)18(22)21-7-9-25-10-8-21/h3-6,11H,7-10,19H2,1-2H3. The van der Waals surface area contributed by atoms with Crippen molar-refractivity contribution in [3.63, 3.8) is 0 Å². The number of anilines is 1. The van der Waals surface area contributed by atoms with Crippen LogP contribution in [0.2, 0.25) is 0 Å². The van der Waals surface area contributed by atoms with E-state index in [0.29, 0.717) is 49.2 Å². The second kappa shape index (κ2) is 7.40. The summed E-state index contributed by atoms with van der Waals surface area (Å²) in [4.78, 5) is 18.9. The van der Waals surface area contributed by atoms with Gasteiger partial charge in [0.15, 0.2) is 17.2 Å². The number of rotatable bonds is 4. The van der Waals surface area contributed by atoms with E-state index in [-0.39, 0.29) is 11.6 Å². The summed E-state index contributed by atoms with van der Waals surface area (Å²) in [6, 6.07) is 8.97. The lowest BCUT2D eigenvalue weighted by molar-refractivity contribution is 0.0300. The first-order chi connectivity index (χ1) is 12.1. The molecular formula is C18H21N3O4. The van der Waals surface area contributed by atoms with Crippen LogP contribution in [0.4, 0.5) is 5.69 Å². The largest absolute Gasteiger partial charge is 0.493 e. The Morgan fingerprint density at radius 2 is 1.84 bits per heavy atom. The number of carbonyl (C=O) groups excluding carboxylic acids is 1. The summed E-state index contributed by atoms with van der Waals surface area (Å²) in [7, 11) is 3.16. The van der Waals surface area contributed by atoms with Crippen LogP contribution in [0.5, 0.6) is 11.5 Å². The summed E-state index contributed by atoms with van der Waals surface area (Å²) in [5.41, 5.74) is 8.07. The van der Waals surface area contributed by atoms with Gasteiger partial charge in [0.2, 0.25) is 0 Å². The second-order valence-corrected chi connectivity index (χ2v) is 5.61. The molecule has 7 heteroatoms. The first-order valence-electron chi connectivity index (χ1n) is 8.00. The monoisotopic (exact) mass is 343 g/mol. The van der Waals surface area contributed by atoms with E-state index < -0.39 is 0 Å². The fraction of sp³-hybridized carbons (Fsp3) is 0.333. The predicted octanol–water partition coefficient (Wildman–Crippen LogP) is 1.82. The maximum Gasteiger partial charge on any atom is 0.274 e. The molecule has 1 saturated heterocycles. The zero-order chi connectivity index (χ0) is 17.8. The number of carbonyl (C=O) groups is 1. The van der Waals surface area contributed by atoms with Crippen molar-refractivity contribution in [2.75, 3.05) is 46.3 Å². The number of ether oxygens (including phenoxy) is 3. The molecule has 0 radical (unpaired) electrons. The van der Waals surface area contributed by atoms with E-state index >= 15 is 0 Å². The second-order valence-electron chi connectivity index (χ2n) is 5.61. The van der Waals surface area contributed by atoms with Gasteiger partial charge in [-0.2, -0.15) is 0 Å². The molecule has 3 rings (SSSR count). The molecule has 25 heavy (non-hydrogen) atoms. The molecule has 0 unspecified atom stereocenters. The summed E-state index contributed by atoms with van der Waals surface area (Å²) < 4.78 is 15.9. The molecule has 0 bridgehead atoms. The van der Waals surface area contributed by atoms with E-state index in [4.69, 9.17) is 19.9 Å². The first-order valence-corrected chi connectivity index (χ1v) is 8.00. The van der Waals surface area contributed by atoms with Gasteiger partial charge < -0.3 is 24.8 Å². The zero-order valence-corrected chi connectivity index (χ0v) is 14.3. The lowest BCUT2D eigenvalue weighted by atomic mass is 10.1. The van der Waals surface area contributed by atoms with Crippen LogP contribution >= 0.6 is 0 Å². The number of methoxy groups -OCH3 is 2. The van der Waals surface area contributed by atoms with E-state index in [1.165, 1.54) is 0 Å². The quantitative estimate of drug-likeness (QED) is 0.911. The highest BCUT2D eigenvalue weighted by molar-refractivity contribution is 5.97. The molecule has 1 aliphatic rings. The molecule has 0 saturated carbocycles. The molecule has 2 N–H and O–H groups in total. The van der Waals surface area contributed by atoms with Crippen molar-refractivity contribution in [2.24, 2.45) is 0 Å². The fourth-order valence-electron chi connectivity index (χ4n) is 2.71. The molecule has 132 valence electrons. The van der Waals surface area contributed by atoms with Crippen molar-refractivity contribution in [1.82, 2.24) is 9.88 Å². The van der Waals surface area contributed by atoms with Gasteiger partial charge in [-0.25, -0.2) is 4.98 Å². The number of nitrogen functional groups attached to an aromatic ring is 1.